The van der Waals surface area contributed by atoms with E-state index in [2.05, 4.69) is 10.3 Å². The summed E-state index contributed by atoms with van der Waals surface area (Å²) in [4.78, 5) is 17.8. The van der Waals surface area contributed by atoms with Gasteiger partial charge in [0.1, 0.15) is 0 Å². The zero-order chi connectivity index (χ0) is 13.4. The van der Waals surface area contributed by atoms with Gasteiger partial charge in [-0.05, 0) is 6.07 Å². The maximum absolute atomic E-state index is 12.3. The molecule has 0 saturated heterocycles. The highest BCUT2D eigenvalue weighted by molar-refractivity contribution is 5.99. The van der Waals surface area contributed by atoms with Crippen LogP contribution in [0.15, 0.2) is 18.5 Å². The first-order valence-electron chi connectivity index (χ1n) is 5.75. The molecule has 1 rings (SSSR count). The van der Waals surface area contributed by atoms with E-state index in [0.29, 0.717) is 18.7 Å². The largest absolute Gasteiger partial charge is 0.395 e. The van der Waals surface area contributed by atoms with Crippen LogP contribution in [0.25, 0.3) is 0 Å². The van der Waals surface area contributed by atoms with Crippen LogP contribution in [0.2, 0.25) is 0 Å². The first-order chi connectivity index (χ1) is 8.74. The molecular weight excluding hydrogens is 234 g/mol. The van der Waals surface area contributed by atoms with Gasteiger partial charge in [0, 0.05) is 45.3 Å². The highest BCUT2D eigenvalue weighted by atomic mass is 16.5. The first-order valence-corrected chi connectivity index (χ1v) is 5.75. The van der Waals surface area contributed by atoms with Gasteiger partial charge < -0.3 is 20.1 Å². The van der Waals surface area contributed by atoms with Crippen molar-refractivity contribution in [2.75, 3.05) is 45.8 Å². The number of carbonyl (C=O) groups excluding carboxylic acids is 1. The molecular formula is C12H19N3O3. The summed E-state index contributed by atoms with van der Waals surface area (Å²) < 4.78 is 4.95. The molecule has 0 atom stereocenters. The minimum absolute atomic E-state index is 0.0788. The lowest BCUT2D eigenvalue weighted by Gasteiger charge is -2.22. The van der Waals surface area contributed by atoms with E-state index in [9.17, 15) is 4.79 Å². The Morgan fingerprint density at radius 2 is 2.33 bits per heavy atom. The minimum atomic E-state index is -0.168. The SMILES string of the molecule is CNc1ccncc1C(=O)N(CCO)CCOC. The summed E-state index contributed by atoms with van der Waals surface area (Å²) >= 11 is 0. The molecule has 0 aliphatic carbocycles. The molecule has 0 radical (unpaired) electrons. The Morgan fingerprint density at radius 1 is 1.56 bits per heavy atom. The van der Waals surface area contributed by atoms with Gasteiger partial charge in [-0.2, -0.15) is 0 Å². The van der Waals surface area contributed by atoms with Crippen LogP contribution in [-0.2, 0) is 4.74 Å². The third kappa shape index (κ3) is 3.68. The van der Waals surface area contributed by atoms with Crippen LogP contribution in [0.3, 0.4) is 0 Å². The summed E-state index contributed by atoms with van der Waals surface area (Å²) in [5.41, 5.74) is 1.21. The van der Waals surface area contributed by atoms with Crippen molar-refractivity contribution in [2.24, 2.45) is 0 Å². The number of nitrogens with one attached hydrogen (secondary N) is 1. The molecule has 0 bridgehead atoms. The Labute approximate surface area is 107 Å². The van der Waals surface area contributed by atoms with Gasteiger partial charge in [0.2, 0.25) is 0 Å². The van der Waals surface area contributed by atoms with E-state index >= 15 is 0 Å². The molecule has 6 heteroatoms. The molecule has 1 aromatic rings. The van der Waals surface area contributed by atoms with Crippen LogP contribution in [0, 0.1) is 0 Å². The predicted molar refractivity (Wildman–Crippen MR) is 68.6 cm³/mol. The number of ether oxygens (including phenoxy) is 1. The van der Waals surface area contributed by atoms with Crippen molar-refractivity contribution in [3.05, 3.63) is 24.0 Å². The summed E-state index contributed by atoms with van der Waals surface area (Å²) in [6.07, 6.45) is 3.14. The number of carbonyl (C=O) groups is 1. The van der Waals surface area contributed by atoms with Crippen molar-refractivity contribution in [2.45, 2.75) is 0 Å². The van der Waals surface area contributed by atoms with Gasteiger partial charge in [-0.15, -0.1) is 0 Å². The van der Waals surface area contributed by atoms with E-state index in [4.69, 9.17) is 9.84 Å². The number of nitrogens with zero attached hydrogens (tertiary/aromatic N) is 2. The second kappa shape index (κ2) is 7.62. The quantitative estimate of drug-likeness (QED) is 0.726. The number of anilines is 1. The molecule has 0 fully saturated rings. The van der Waals surface area contributed by atoms with Crippen molar-refractivity contribution in [1.29, 1.82) is 0 Å². The highest BCUT2D eigenvalue weighted by Gasteiger charge is 2.18. The van der Waals surface area contributed by atoms with Crippen molar-refractivity contribution < 1.29 is 14.6 Å². The Hall–Kier alpha value is -1.66. The third-order valence-corrected chi connectivity index (χ3v) is 2.54. The van der Waals surface area contributed by atoms with Crippen LogP contribution in [-0.4, -0.2) is 61.4 Å². The number of amides is 1. The lowest BCUT2D eigenvalue weighted by molar-refractivity contribution is 0.0657. The summed E-state index contributed by atoms with van der Waals surface area (Å²) in [7, 11) is 3.32. The fraction of sp³-hybridized carbons (Fsp3) is 0.500. The maximum Gasteiger partial charge on any atom is 0.257 e. The van der Waals surface area contributed by atoms with Gasteiger partial charge in [0.25, 0.3) is 5.91 Å². The molecule has 0 aromatic carbocycles. The van der Waals surface area contributed by atoms with Crippen LogP contribution < -0.4 is 5.32 Å². The van der Waals surface area contributed by atoms with Gasteiger partial charge in [0.15, 0.2) is 0 Å². The molecule has 6 nitrogen and oxygen atoms in total. The molecule has 0 saturated carbocycles. The molecule has 0 aliphatic rings. The van der Waals surface area contributed by atoms with E-state index in [1.165, 1.54) is 6.20 Å². The summed E-state index contributed by atoms with van der Waals surface area (Å²) in [5.74, 6) is -0.168. The number of pyridine rings is 1. The molecule has 0 spiro atoms. The number of aliphatic hydroxyl groups is 1. The normalized spacial score (nSPS) is 10.2. The van der Waals surface area contributed by atoms with Crippen molar-refractivity contribution in [3.63, 3.8) is 0 Å². The van der Waals surface area contributed by atoms with Gasteiger partial charge in [0.05, 0.1) is 18.8 Å². The summed E-state index contributed by atoms with van der Waals surface area (Å²) in [5, 5.41) is 11.9. The Balaban J connectivity index is 2.86. The smallest absolute Gasteiger partial charge is 0.257 e. The van der Waals surface area contributed by atoms with Gasteiger partial charge in [-0.3, -0.25) is 9.78 Å². The lowest BCUT2D eigenvalue weighted by atomic mass is 10.2. The minimum Gasteiger partial charge on any atom is -0.395 e. The second-order valence-electron chi connectivity index (χ2n) is 3.68. The Morgan fingerprint density at radius 3 is 2.94 bits per heavy atom. The molecule has 0 aliphatic heterocycles. The van der Waals surface area contributed by atoms with Gasteiger partial charge in [-0.1, -0.05) is 0 Å². The van der Waals surface area contributed by atoms with Crippen molar-refractivity contribution in [3.8, 4) is 0 Å². The number of hydrogen-bond acceptors (Lipinski definition) is 5. The zero-order valence-corrected chi connectivity index (χ0v) is 10.7. The predicted octanol–water partition coefficient (Wildman–Crippen LogP) is 0.204. The molecule has 2 N–H and O–H groups in total. The molecule has 1 aromatic heterocycles. The van der Waals surface area contributed by atoms with Gasteiger partial charge in [-0.25, -0.2) is 0 Å². The van der Waals surface area contributed by atoms with Gasteiger partial charge >= 0.3 is 0 Å². The topological polar surface area (TPSA) is 74.7 Å². The fourth-order valence-corrected chi connectivity index (χ4v) is 1.59. The van der Waals surface area contributed by atoms with Crippen LogP contribution in [0.5, 0.6) is 0 Å². The fourth-order valence-electron chi connectivity index (χ4n) is 1.59. The monoisotopic (exact) mass is 253 g/mol. The average Bonchev–Trinajstić information content (AvgIpc) is 2.42. The van der Waals surface area contributed by atoms with E-state index < -0.39 is 0 Å². The summed E-state index contributed by atoms with van der Waals surface area (Å²) in [6.45, 7) is 1.07. The van der Waals surface area contributed by atoms with Crippen LogP contribution >= 0.6 is 0 Å². The number of methoxy groups -OCH3 is 1. The average molecular weight is 253 g/mol. The molecule has 0 unspecified atom stereocenters. The summed E-state index contributed by atoms with van der Waals surface area (Å²) in [6, 6.07) is 1.74. The highest BCUT2D eigenvalue weighted by Crippen LogP contribution is 2.15. The number of rotatable bonds is 7. The number of aliphatic hydroxyl groups excluding tert-OH is 1. The van der Waals surface area contributed by atoms with E-state index in [0.717, 1.165) is 5.69 Å². The van der Waals surface area contributed by atoms with Crippen molar-refractivity contribution in [1.82, 2.24) is 9.88 Å². The standard InChI is InChI=1S/C12H19N3O3/c1-13-11-3-4-14-9-10(11)12(17)15(5-7-16)6-8-18-2/h3-4,9,16H,5-8H2,1-2H3,(H,13,14). The third-order valence-electron chi connectivity index (χ3n) is 2.54. The second-order valence-corrected chi connectivity index (χ2v) is 3.68. The molecule has 1 heterocycles. The van der Waals surface area contributed by atoms with E-state index in [-0.39, 0.29) is 19.1 Å². The number of hydrogen-bond donors (Lipinski definition) is 2. The van der Waals surface area contributed by atoms with E-state index in [1.807, 2.05) is 0 Å². The van der Waals surface area contributed by atoms with Crippen molar-refractivity contribution >= 4 is 11.6 Å². The first kappa shape index (κ1) is 14.4. The molecule has 100 valence electrons. The van der Waals surface area contributed by atoms with Crippen LogP contribution in [0.4, 0.5) is 5.69 Å². The molecule has 18 heavy (non-hydrogen) atoms. The van der Waals surface area contributed by atoms with Crippen LogP contribution in [0.1, 0.15) is 10.4 Å². The number of aromatic nitrogens is 1. The van der Waals surface area contributed by atoms with E-state index in [1.54, 1.807) is 31.3 Å². The lowest BCUT2D eigenvalue weighted by Crippen LogP contribution is -2.36. The Bertz CT molecular complexity index is 385. The molecule has 1 amide bonds. The Kier molecular flexibility index (Phi) is 6.10. The maximum atomic E-state index is 12.3. The zero-order valence-electron chi connectivity index (χ0n) is 10.7.